The maximum atomic E-state index is 12.8. The molecule has 0 aliphatic heterocycles. The van der Waals surface area contributed by atoms with E-state index in [0.717, 1.165) is 11.3 Å². The summed E-state index contributed by atoms with van der Waals surface area (Å²) in [6.45, 7) is 4.69. The monoisotopic (exact) mass is 489 g/mol. The summed E-state index contributed by atoms with van der Waals surface area (Å²) < 4.78 is 18.9. The number of aryl methyl sites for hydroxylation is 1. The average Bonchev–Trinajstić information content (AvgIpc) is 3.30. The number of Topliss-reactive ketones (excluding diaryl/α,β-unsaturated/α-hetero) is 1. The first-order valence-electron chi connectivity index (χ1n) is 11.2. The Hall–Kier alpha value is -3.78. The number of aromatic nitrogens is 3. The van der Waals surface area contributed by atoms with E-state index < -0.39 is 0 Å². The third kappa shape index (κ3) is 6.02. The summed E-state index contributed by atoms with van der Waals surface area (Å²) in [4.78, 5) is 12.8. The van der Waals surface area contributed by atoms with Crippen LogP contribution in [0.3, 0.4) is 0 Å². The summed E-state index contributed by atoms with van der Waals surface area (Å²) in [5.41, 5.74) is 2.60. The van der Waals surface area contributed by atoms with E-state index in [1.165, 1.54) is 11.8 Å². The second kappa shape index (κ2) is 11.6. The number of ether oxygens (including phenoxy) is 3. The molecular formula is C27H27N3O4S. The van der Waals surface area contributed by atoms with Gasteiger partial charge >= 0.3 is 0 Å². The van der Waals surface area contributed by atoms with Gasteiger partial charge in [0.15, 0.2) is 28.3 Å². The normalized spacial score (nSPS) is 10.7. The zero-order valence-electron chi connectivity index (χ0n) is 19.9. The van der Waals surface area contributed by atoms with Crippen LogP contribution in [0, 0.1) is 6.92 Å². The van der Waals surface area contributed by atoms with Crippen LogP contribution in [0.2, 0.25) is 0 Å². The predicted molar refractivity (Wildman–Crippen MR) is 136 cm³/mol. The van der Waals surface area contributed by atoms with Crippen LogP contribution in [0.5, 0.6) is 17.2 Å². The molecule has 4 aromatic rings. The van der Waals surface area contributed by atoms with E-state index in [2.05, 4.69) is 10.2 Å². The van der Waals surface area contributed by atoms with Crippen molar-refractivity contribution in [3.05, 3.63) is 89.7 Å². The molecule has 0 aliphatic carbocycles. The van der Waals surface area contributed by atoms with Crippen molar-refractivity contribution < 1.29 is 19.0 Å². The maximum Gasteiger partial charge on any atom is 0.196 e. The van der Waals surface area contributed by atoms with Gasteiger partial charge in [0.25, 0.3) is 0 Å². The minimum Gasteiger partial charge on any atom is -0.497 e. The highest BCUT2D eigenvalue weighted by Gasteiger charge is 2.18. The lowest BCUT2D eigenvalue weighted by Crippen LogP contribution is -2.08. The lowest BCUT2D eigenvalue weighted by Gasteiger charge is -2.14. The number of methoxy groups -OCH3 is 1. The quantitative estimate of drug-likeness (QED) is 0.202. The molecule has 180 valence electrons. The van der Waals surface area contributed by atoms with Gasteiger partial charge in [0, 0.05) is 11.3 Å². The van der Waals surface area contributed by atoms with Crippen LogP contribution < -0.4 is 14.2 Å². The van der Waals surface area contributed by atoms with E-state index in [0.29, 0.717) is 40.4 Å². The molecule has 3 aromatic carbocycles. The van der Waals surface area contributed by atoms with Gasteiger partial charge in [-0.05, 0) is 67.9 Å². The van der Waals surface area contributed by atoms with E-state index in [9.17, 15) is 4.79 Å². The highest BCUT2D eigenvalue weighted by atomic mass is 32.2. The molecule has 7 nitrogen and oxygen atoms in total. The van der Waals surface area contributed by atoms with Crippen LogP contribution in [0.1, 0.15) is 28.7 Å². The summed E-state index contributed by atoms with van der Waals surface area (Å²) in [5.74, 6) is 2.90. The summed E-state index contributed by atoms with van der Waals surface area (Å²) in [7, 11) is 1.60. The van der Waals surface area contributed by atoms with Crippen molar-refractivity contribution >= 4 is 17.5 Å². The first kappa shape index (κ1) is 24.3. The molecule has 4 rings (SSSR count). The van der Waals surface area contributed by atoms with Crippen LogP contribution >= 0.6 is 11.8 Å². The molecule has 1 heterocycles. The van der Waals surface area contributed by atoms with E-state index in [4.69, 9.17) is 14.2 Å². The summed E-state index contributed by atoms with van der Waals surface area (Å²) in [5, 5.41) is 9.35. The van der Waals surface area contributed by atoms with Gasteiger partial charge in [0.05, 0.1) is 19.5 Å². The van der Waals surface area contributed by atoms with Crippen molar-refractivity contribution in [2.75, 3.05) is 19.5 Å². The Morgan fingerprint density at radius 1 is 0.943 bits per heavy atom. The SMILES string of the molecule is CCOc1cc(C)ccc1OCc1nnc(SCC(=O)c2ccc(OC)cc2)n1-c1ccccc1. The van der Waals surface area contributed by atoms with E-state index >= 15 is 0 Å². The molecule has 0 fully saturated rings. The Morgan fingerprint density at radius 2 is 1.71 bits per heavy atom. The van der Waals surface area contributed by atoms with Gasteiger partial charge in [-0.1, -0.05) is 36.0 Å². The van der Waals surface area contributed by atoms with Crippen LogP contribution in [-0.2, 0) is 6.61 Å². The summed E-state index contributed by atoms with van der Waals surface area (Å²) in [6, 6.07) is 22.7. The van der Waals surface area contributed by atoms with Crippen molar-refractivity contribution in [2.24, 2.45) is 0 Å². The molecule has 8 heteroatoms. The molecule has 0 atom stereocenters. The van der Waals surface area contributed by atoms with Gasteiger partial charge in [-0.25, -0.2) is 0 Å². The number of thioether (sulfide) groups is 1. The standard InChI is InChI=1S/C27H27N3O4S/c1-4-33-25-16-19(2)10-15-24(25)34-17-26-28-29-27(30(26)21-8-6-5-7-9-21)35-18-23(31)20-11-13-22(32-3)14-12-20/h5-16H,4,17-18H2,1-3H3. The lowest BCUT2D eigenvalue weighted by atomic mass is 10.1. The molecule has 0 N–H and O–H groups in total. The summed E-state index contributed by atoms with van der Waals surface area (Å²) in [6.07, 6.45) is 0. The molecule has 0 radical (unpaired) electrons. The van der Waals surface area contributed by atoms with Crippen LogP contribution in [-0.4, -0.2) is 40.0 Å². The van der Waals surface area contributed by atoms with Crippen LogP contribution in [0.4, 0.5) is 0 Å². The number of hydrogen-bond donors (Lipinski definition) is 0. The van der Waals surface area contributed by atoms with Gasteiger partial charge in [-0.15, -0.1) is 10.2 Å². The first-order valence-corrected chi connectivity index (χ1v) is 12.2. The highest BCUT2D eigenvalue weighted by molar-refractivity contribution is 7.99. The first-order chi connectivity index (χ1) is 17.1. The largest absolute Gasteiger partial charge is 0.497 e. The van der Waals surface area contributed by atoms with E-state index in [1.54, 1.807) is 31.4 Å². The maximum absolute atomic E-state index is 12.8. The number of benzene rings is 3. The molecule has 0 bridgehead atoms. The van der Waals surface area contributed by atoms with Gasteiger partial charge < -0.3 is 14.2 Å². The number of carbonyl (C=O) groups is 1. The zero-order valence-corrected chi connectivity index (χ0v) is 20.7. The van der Waals surface area contributed by atoms with Crippen molar-refractivity contribution in [1.82, 2.24) is 14.8 Å². The van der Waals surface area contributed by atoms with Gasteiger partial charge in [-0.2, -0.15) is 0 Å². The zero-order chi connectivity index (χ0) is 24.6. The van der Waals surface area contributed by atoms with Gasteiger partial charge in [-0.3, -0.25) is 9.36 Å². The molecule has 0 spiro atoms. The topological polar surface area (TPSA) is 75.5 Å². The van der Waals surface area contributed by atoms with Gasteiger partial charge in [0.1, 0.15) is 12.4 Å². The third-order valence-electron chi connectivity index (χ3n) is 5.21. The van der Waals surface area contributed by atoms with Crippen LogP contribution in [0.15, 0.2) is 78.0 Å². The number of para-hydroxylation sites is 1. The lowest BCUT2D eigenvalue weighted by molar-refractivity contribution is 0.102. The van der Waals surface area contributed by atoms with Crippen LogP contribution in [0.25, 0.3) is 5.69 Å². The molecule has 0 saturated carbocycles. The second-order valence-corrected chi connectivity index (χ2v) is 8.62. The average molecular weight is 490 g/mol. The Labute approximate surface area is 209 Å². The second-order valence-electron chi connectivity index (χ2n) is 7.68. The fraction of sp³-hybridized carbons (Fsp3) is 0.222. The minimum atomic E-state index is -0.000855. The molecular weight excluding hydrogens is 462 g/mol. The van der Waals surface area contributed by atoms with Crippen molar-refractivity contribution in [3.8, 4) is 22.9 Å². The molecule has 0 aliphatic rings. The Balaban J connectivity index is 1.54. The van der Waals surface area contributed by atoms with E-state index in [1.807, 2.05) is 66.9 Å². The van der Waals surface area contributed by atoms with Gasteiger partial charge in [0.2, 0.25) is 0 Å². The smallest absolute Gasteiger partial charge is 0.196 e. The van der Waals surface area contributed by atoms with Crippen molar-refractivity contribution in [3.63, 3.8) is 0 Å². The number of carbonyl (C=O) groups excluding carboxylic acids is 1. The number of nitrogens with zero attached hydrogens (tertiary/aromatic N) is 3. The van der Waals surface area contributed by atoms with Crippen molar-refractivity contribution in [1.29, 1.82) is 0 Å². The van der Waals surface area contributed by atoms with Crippen molar-refractivity contribution in [2.45, 2.75) is 25.6 Å². The molecule has 0 amide bonds. The Bertz CT molecular complexity index is 1270. The number of hydrogen-bond acceptors (Lipinski definition) is 7. The molecule has 1 aromatic heterocycles. The Morgan fingerprint density at radius 3 is 2.43 bits per heavy atom. The summed E-state index contributed by atoms with van der Waals surface area (Å²) >= 11 is 1.34. The molecule has 35 heavy (non-hydrogen) atoms. The van der Waals surface area contributed by atoms with E-state index in [-0.39, 0.29) is 18.1 Å². The fourth-order valence-corrected chi connectivity index (χ4v) is 4.32. The Kier molecular flexibility index (Phi) is 8.05. The fourth-order valence-electron chi connectivity index (χ4n) is 3.46. The number of ketones is 1. The molecule has 0 unspecified atom stereocenters. The minimum absolute atomic E-state index is 0.000855. The predicted octanol–water partition coefficient (Wildman–Crippen LogP) is 5.54. The number of rotatable bonds is 11. The third-order valence-corrected chi connectivity index (χ3v) is 6.14. The highest BCUT2D eigenvalue weighted by Crippen LogP contribution is 2.30. The molecule has 0 saturated heterocycles.